The smallest absolute Gasteiger partial charge is 0.254 e. The molecule has 0 radical (unpaired) electrons. The van der Waals surface area contributed by atoms with Gasteiger partial charge < -0.3 is 16.0 Å². The van der Waals surface area contributed by atoms with Crippen LogP contribution in [0.4, 0.5) is 11.4 Å². The number of hydrogen-bond acceptors (Lipinski definition) is 6. The van der Waals surface area contributed by atoms with Crippen LogP contribution in [0.5, 0.6) is 0 Å². The molecule has 2 heterocycles. The van der Waals surface area contributed by atoms with Gasteiger partial charge >= 0.3 is 0 Å². The van der Waals surface area contributed by atoms with Crippen molar-refractivity contribution >= 4 is 57.9 Å². The topological polar surface area (TPSA) is 94.0 Å². The van der Waals surface area contributed by atoms with Gasteiger partial charge in [-0.1, -0.05) is 53.7 Å². The first kappa shape index (κ1) is 25.6. The highest BCUT2D eigenvalue weighted by atomic mass is 35.5. The molecule has 9 heteroatoms. The van der Waals surface area contributed by atoms with Crippen molar-refractivity contribution in [2.24, 2.45) is 0 Å². The molecule has 0 saturated heterocycles. The Balaban J connectivity index is 1.57. The van der Waals surface area contributed by atoms with Gasteiger partial charge in [-0.05, 0) is 55.1 Å². The maximum absolute atomic E-state index is 13.4. The van der Waals surface area contributed by atoms with Crippen molar-refractivity contribution < 1.29 is 9.59 Å². The van der Waals surface area contributed by atoms with Gasteiger partial charge in [0.1, 0.15) is 0 Å². The van der Waals surface area contributed by atoms with Gasteiger partial charge in [-0.15, -0.1) is 11.3 Å². The summed E-state index contributed by atoms with van der Waals surface area (Å²) in [6.45, 7) is 3.70. The summed E-state index contributed by atoms with van der Waals surface area (Å²) in [5, 5.41) is 22.2. The fraction of sp³-hybridized carbons (Fsp3) is 0.148. The Kier molecular flexibility index (Phi) is 8.16. The Morgan fingerprint density at radius 1 is 1.08 bits per heavy atom. The molecule has 3 aromatic rings. The van der Waals surface area contributed by atoms with Crippen molar-refractivity contribution in [3.8, 4) is 6.07 Å². The number of halogens is 1. The Bertz CT molecular complexity index is 1390. The highest BCUT2D eigenvalue weighted by Gasteiger charge is 2.35. The number of allylic oxidation sites excluding steroid dienone is 2. The van der Waals surface area contributed by atoms with Crippen LogP contribution in [0.15, 0.2) is 87.9 Å². The van der Waals surface area contributed by atoms with E-state index in [1.54, 1.807) is 12.1 Å². The number of nitrogens with one attached hydrogen (secondary N) is 3. The molecule has 1 unspecified atom stereocenters. The molecule has 1 aliphatic heterocycles. The quantitative estimate of drug-likeness (QED) is 0.325. The van der Waals surface area contributed by atoms with E-state index >= 15 is 0 Å². The summed E-state index contributed by atoms with van der Waals surface area (Å²) in [6.07, 6.45) is 0. The van der Waals surface area contributed by atoms with Crippen molar-refractivity contribution in [2.75, 3.05) is 16.4 Å². The molecule has 0 bridgehead atoms. The maximum atomic E-state index is 13.4. The fourth-order valence-corrected chi connectivity index (χ4v) is 5.71. The van der Waals surface area contributed by atoms with Crippen LogP contribution in [-0.2, 0) is 9.59 Å². The summed E-state index contributed by atoms with van der Waals surface area (Å²) in [5.74, 6) is -0.972. The zero-order valence-electron chi connectivity index (χ0n) is 19.6. The third-order valence-electron chi connectivity index (χ3n) is 5.55. The molecule has 1 aromatic heterocycles. The normalized spacial score (nSPS) is 15.2. The lowest BCUT2D eigenvalue weighted by molar-refractivity contribution is -0.114. The van der Waals surface area contributed by atoms with E-state index in [1.807, 2.05) is 67.8 Å². The monoisotopic (exact) mass is 534 g/mol. The van der Waals surface area contributed by atoms with Crippen LogP contribution in [0, 0.1) is 18.3 Å². The van der Waals surface area contributed by atoms with Gasteiger partial charge in [0.25, 0.3) is 5.91 Å². The van der Waals surface area contributed by atoms with Gasteiger partial charge in [-0.25, -0.2) is 0 Å². The number of rotatable bonds is 7. The van der Waals surface area contributed by atoms with Gasteiger partial charge in [-0.3, -0.25) is 9.59 Å². The number of hydrogen-bond donors (Lipinski definition) is 3. The van der Waals surface area contributed by atoms with Gasteiger partial charge in [0.05, 0.1) is 28.3 Å². The van der Waals surface area contributed by atoms with Crippen molar-refractivity contribution in [3.63, 3.8) is 0 Å². The fourth-order valence-electron chi connectivity index (χ4n) is 3.79. The lowest BCUT2D eigenvalue weighted by atomic mass is 9.86. The average Bonchev–Trinajstić information content (AvgIpc) is 3.40. The number of anilines is 2. The molecule has 6 nitrogen and oxygen atoms in total. The molecule has 182 valence electrons. The maximum Gasteiger partial charge on any atom is 0.254 e. The van der Waals surface area contributed by atoms with Crippen molar-refractivity contribution in [1.82, 2.24) is 5.32 Å². The lowest BCUT2D eigenvalue weighted by Crippen LogP contribution is -2.30. The Hall–Kier alpha value is -3.51. The number of nitriles is 1. The number of thioether (sulfide) groups is 1. The molecule has 1 aliphatic rings. The molecular formula is C27H23ClN4O2S2. The molecule has 0 spiro atoms. The number of aryl methyl sites for hydroxylation is 1. The minimum atomic E-state index is -0.540. The van der Waals surface area contributed by atoms with Crippen molar-refractivity contribution in [3.05, 3.63) is 103 Å². The van der Waals surface area contributed by atoms with E-state index in [1.165, 1.54) is 23.1 Å². The third kappa shape index (κ3) is 5.82. The van der Waals surface area contributed by atoms with E-state index in [2.05, 4.69) is 22.0 Å². The summed E-state index contributed by atoms with van der Waals surface area (Å²) in [5.41, 5.74) is 3.71. The van der Waals surface area contributed by atoms with Crippen LogP contribution in [0.2, 0.25) is 5.02 Å². The molecule has 2 amide bonds. The molecule has 0 fully saturated rings. The van der Waals surface area contributed by atoms with E-state index in [0.29, 0.717) is 38.3 Å². The predicted molar refractivity (Wildman–Crippen MR) is 148 cm³/mol. The highest BCUT2D eigenvalue weighted by Crippen LogP contribution is 2.42. The highest BCUT2D eigenvalue weighted by molar-refractivity contribution is 8.03. The molecule has 1 atom stereocenters. The molecule has 0 aliphatic carbocycles. The Morgan fingerprint density at radius 2 is 1.86 bits per heavy atom. The number of nitrogens with zero attached hydrogens (tertiary/aromatic N) is 1. The number of benzene rings is 2. The number of amides is 2. The molecule has 3 N–H and O–H groups in total. The van der Waals surface area contributed by atoms with Crippen LogP contribution < -0.4 is 16.0 Å². The number of carbonyl (C=O) groups excluding carboxylic acids is 2. The van der Waals surface area contributed by atoms with Crippen LogP contribution in [0.3, 0.4) is 0 Å². The van der Waals surface area contributed by atoms with Gasteiger partial charge in [-0.2, -0.15) is 5.26 Å². The minimum absolute atomic E-state index is 0.0784. The second-order valence-corrected chi connectivity index (χ2v) is 10.5. The lowest BCUT2D eigenvalue weighted by Gasteiger charge is -2.29. The third-order valence-corrected chi connectivity index (χ3v) is 7.92. The predicted octanol–water partition coefficient (Wildman–Crippen LogP) is 6.42. The summed E-state index contributed by atoms with van der Waals surface area (Å²) in [7, 11) is 0. The minimum Gasteiger partial charge on any atom is -0.353 e. The van der Waals surface area contributed by atoms with E-state index in [9.17, 15) is 14.9 Å². The van der Waals surface area contributed by atoms with E-state index in [-0.39, 0.29) is 17.6 Å². The number of carbonyl (C=O) groups is 2. The van der Waals surface area contributed by atoms with Crippen LogP contribution in [-0.4, -0.2) is 17.6 Å². The van der Waals surface area contributed by atoms with Crippen LogP contribution in [0.25, 0.3) is 0 Å². The molecule has 2 aromatic carbocycles. The SMILES string of the molecule is CC1=C(C(=O)Nc2ccccc2)C(c2cccs2)C(C#N)=C(SCC(=O)Nc2ccc(C)c(Cl)c2)N1. The second kappa shape index (κ2) is 11.5. The Labute approximate surface area is 223 Å². The zero-order valence-corrected chi connectivity index (χ0v) is 22.0. The first-order valence-electron chi connectivity index (χ1n) is 11.1. The van der Waals surface area contributed by atoms with Crippen LogP contribution >= 0.6 is 34.7 Å². The van der Waals surface area contributed by atoms with E-state index in [0.717, 1.165) is 10.4 Å². The summed E-state index contributed by atoms with van der Waals surface area (Å²) >= 11 is 8.87. The standard InChI is InChI=1S/C27H23ClN4O2S2/c1-16-10-11-19(13-21(16)28)31-23(33)15-36-27-20(14-29)25(22-9-6-12-35-22)24(17(2)30-27)26(34)32-18-7-4-3-5-8-18/h3-13,25,30H,15H2,1-2H3,(H,31,33)(H,32,34). The summed E-state index contributed by atoms with van der Waals surface area (Å²) in [4.78, 5) is 26.9. The molecular weight excluding hydrogens is 512 g/mol. The van der Waals surface area contributed by atoms with Crippen molar-refractivity contribution in [2.45, 2.75) is 19.8 Å². The summed E-state index contributed by atoms with van der Waals surface area (Å²) in [6, 6.07) is 20.6. The molecule has 0 saturated carbocycles. The van der Waals surface area contributed by atoms with Gasteiger partial charge in [0.2, 0.25) is 5.91 Å². The van der Waals surface area contributed by atoms with Gasteiger partial charge in [0, 0.05) is 32.5 Å². The van der Waals surface area contributed by atoms with Crippen LogP contribution in [0.1, 0.15) is 23.3 Å². The van der Waals surface area contributed by atoms with E-state index in [4.69, 9.17) is 11.6 Å². The molecule has 36 heavy (non-hydrogen) atoms. The zero-order chi connectivity index (χ0) is 25.7. The Morgan fingerprint density at radius 3 is 2.53 bits per heavy atom. The summed E-state index contributed by atoms with van der Waals surface area (Å²) < 4.78 is 0. The van der Waals surface area contributed by atoms with Crippen molar-refractivity contribution in [1.29, 1.82) is 5.26 Å². The first-order valence-corrected chi connectivity index (χ1v) is 13.3. The first-order chi connectivity index (χ1) is 17.4. The second-order valence-electron chi connectivity index (χ2n) is 8.09. The largest absolute Gasteiger partial charge is 0.353 e. The average molecular weight is 535 g/mol. The number of dihydropyridines is 1. The number of para-hydroxylation sites is 1. The number of thiophene rings is 1. The van der Waals surface area contributed by atoms with E-state index < -0.39 is 5.92 Å². The van der Waals surface area contributed by atoms with Gasteiger partial charge in [0.15, 0.2) is 0 Å². The molecule has 4 rings (SSSR count).